The fourth-order valence-corrected chi connectivity index (χ4v) is 2.96. The largest absolute Gasteiger partial charge is 0.494 e. The van der Waals surface area contributed by atoms with Crippen molar-refractivity contribution in [3.63, 3.8) is 0 Å². The summed E-state index contributed by atoms with van der Waals surface area (Å²) in [5.41, 5.74) is 1.20. The summed E-state index contributed by atoms with van der Waals surface area (Å²) in [5, 5.41) is 3.06. The second-order valence-electron chi connectivity index (χ2n) is 7.06. The van der Waals surface area contributed by atoms with Crippen LogP contribution >= 0.6 is 0 Å². The number of nitrogens with one attached hydrogen (secondary N) is 1. The molecule has 2 rings (SSSR count). The fourth-order valence-electron chi connectivity index (χ4n) is 2.96. The second kappa shape index (κ2) is 11.5. The molecular formula is C21H32N2O4. The topological polar surface area (TPSA) is 67.9 Å². The molecule has 27 heavy (non-hydrogen) atoms. The van der Waals surface area contributed by atoms with E-state index >= 15 is 0 Å². The summed E-state index contributed by atoms with van der Waals surface area (Å²) in [6, 6.07) is 8.03. The quantitative estimate of drug-likeness (QED) is 0.668. The first-order valence-corrected chi connectivity index (χ1v) is 9.99. The highest BCUT2D eigenvalue weighted by molar-refractivity contribution is 5.76. The number of rotatable bonds is 9. The maximum Gasteiger partial charge on any atom is 0.409 e. The van der Waals surface area contributed by atoms with Gasteiger partial charge in [-0.3, -0.25) is 4.79 Å². The van der Waals surface area contributed by atoms with Gasteiger partial charge < -0.3 is 19.7 Å². The second-order valence-corrected chi connectivity index (χ2v) is 7.06. The summed E-state index contributed by atoms with van der Waals surface area (Å²) in [6.45, 7) is 6.37. The predicted molar refractivity (Wildman–Crippen MR) is 105 cm³/mol. The van der Waals surface area contributed by atoms with E-state index in [1.54, 1.807) is 4.90 Å². The van der Waals surface area contributed by atoms with Gasteiger partial charge in [-0.1, -0.05) is 31.0 Å². The highest BCUT2D eigenvalue weighted by atomic mass is 16.6. The van der Waals surface area contributed by atoms with Gasteiger partial charge in [0.2, 0.25) is 5.91 Å². The molecule has 1 aromatic rings. The highest BCUT2D eigenvalue weighted by Crippen LogP contribution is 2.13. The Hall–Kier alpha value is -2.24. The highest BCUT2D eigenvalue weighted by Gasteiger charge is 2.24. The number of carbonyl (C=O) groups excluding carboxylic acids is 2. The first kappa shape index (κ1) is 21.1. The van der Waals surface area contributed by atoms with Crippen molar-refractivity contribution >= 4 is 12.0 Å². The molecule has 150 valence electrons. The first-order chi connectivity index (χ1) is 13.1. The van der Waals surface area contributed by atoms with Crippen molar-refractivity contribution in [2.45, 2.75) is 58.4 Å². The molecule has 0 radical (unpaired) electrons. The summed E-state index contributed by atoms with van der Waals surface area (Å²) in [6.07, 6.45) is 4.35. The lowest BCUT2D eigenvalue weighted by atomic mass is 10.1. The van der Waals surface area contributed by atoms with Gasteiger partial charge in [0, 0.05) is 25.6 Å². The number of benzene rings is 1. The monoisotopic (exact) mass is 376 g/mol. The summed E-state index contributed by atoms with van der Waals surface area (Å²) in [7, 11) is 0. The molecule has 1 aromatic carbocycles. The molecule has 0 bridgehead atoms. The minimum Gasteiger partial charge on any atom is -0.494 e. The van der Waals surface area contributed by atoms with Crippen LogP contribution in [-0.2, 0) is 9.53 Å². The number of ether oxygens (including phenoxy) is 2. The zero-order valence-corrected chi connectivity index (χ0v) is 16.5. The van der Waals surface area contributed by atoms with Crippen LogP contribution in [0, 0.1) is 6.92 Å². The molecule has 6 nitrogen and oxygen atoms in total. The minimum absolute atomic E-state index is 0.0477. The van der Waals surface area contributed by atoms with E-state index in [4.69, 9.17) is 9.47 Å². The Morgan fingerprint density at radius 2 is 1.81 bits per heavy atom. The lowest BCUT2D eigenvalue weighted by Crippen LogP contribution is -2.46. The number of piperidine rings is 1. The van der Waals surface area contributed by atoms with Crippen LogP contribution in [0.1, 0.15) is 51.0 Å². The molecule has 1 heterocycles. The van der Waals surface area contributed by atoms with E-state index < -0.39 is 0 Å². The molecule has 0 spiro atoms. The molecule has 1 N–H and O–H groups in total. The van der Waals surface area contributed by atoms with Crippen LogP contribution in [0.3, 0.4) is 0 Å². The van der Waals surface area contributed by atoms with Gasteiger partial charge in [-0.25, -0.2) is 4.79 Å². The fraction of sp³-hybridized carbons (Fsp3) is 0.619. The molecule has 1 fully saturated rings. The van der Waals surface area contributed by atoms with Crippen LogP contribution in [-0.4, -0.2) is 49.2 Å². The standard InChI is InChI=1S/C21H32N2O4/c1-3-4-15-27-21(25)23-13-11-18(12-14-23)22-20(24)6-5-16-26-19-9-7-17(2)8-10-19/h7-10,18H,3-6,11-16H2,1-2H3,(H,22,24). The molecule has 2 amide bonds. The molecule has 0 saturated carbocycles. The summed E-state index contributed by atoms with van der Waals surface area (Å²) >= 11 is 0. The normalized spacial score (nSPS) is 14.7. The van der Waals surface area contributed by atoms with E-state index in [2.05, 4.69) is 12.2 Å². The Kier molecular flexibility index (Phi) is 8.95. The number of likely N-dealkylation sites (tertiary alicyclic amines) is 1. The molecule has 1 aliphatic heterocycles. The maximum absolute atomic E-state index is 12.1. The Labute approximate surface area is 162 Å². The Bertz CT molecular complexity index is 580. The minimum atomic E-state index is -0.235. The number of hydrogen-bond donors (Lipinski definition) is 1. The average molecular weight is 376 g/mol. The van der Waals surface area contributed by atoms with E-state index in [1.807, 2.05) is 31.2 Å². The Morgan fingerprint density at radius 1 is 1.11 bits per heavy atom. The smallest absolute Gasteiger partial charge is 0.409 e. The van der Waals surface area contributed by atoms with Crippen molar-refractivity contribution in [2.24, 2.45) is 0 Å². The van der Waals surface area contributed by atoms with Crippen molar-refractivity contribution in [2.75, 3.05) is 26.3 Å². The molecule has 6 heteroatoms. The zero-order valence-electron chi connectivity index (χ0n) is 16.5. The van der Waals surface area contributed by atoms with E-state index in [0.717, 1.165) is 31.4 Å². The van der Waals surface area contributed by atoms with Crippen LogP contribution in [0.2, 0.25) is 0 Å². The van der Waals surface area contributed by atoms with Crippen molar-refractivity contribution < 1.29 is 19.1 Å². The third-order valence-corrected chi connectivity index (χ3v) is 4.68. The molecule has 0 atom stereocenters. The van der Waals surface area contributed by atoms with E-state index in [1.165, 1.54) is 5.56 Å². The number of aryl methyl sites for hydroxylation is 1. The number of unbranched alkanes of at least 4 members (excludes halogenated alkanes) is 1. The van der Waals surface area contributed by atoms with Crippen LogP contribution in [0.15, 0.2) is 24.3 Å². The van der Waals surface area contributed by atoms with Gasteiger partial charge in [0.1, 0.15) is 5.75 Å². The molecule has 0 unspecified atom stereocenters. The Balaban J connectivity index is 1.56. The van der Waals surface area contributed by atoms with Crippen LogP contribution in [0.4, 0.5) is 4.79 Å². The molecule has 0 aromatic heterocycles. The lowest BCUT2D eigenvalue weighted by Gasteiger charge is -2.31. The number of amides is 2. The van der Waals surface area contributed by atoms with Crippen LogP contribution in [0.25, 0.3) is 0 Å². The maximum atomic E-state index is 12.1. The zero-order chi connectivity index (χ0) is 19.5. The molecule has 0 aliphatic carbocycles. The van der Waals surface area contributed by atoms with Crippen LogP contribution in [0.5, 0.6) is 5.75 Å². The van der Waals surface area contributed by atoms with Crippen LogP contribution < -0.4 is 10.1 Å². The average Bonchev–Trinajstić information content (AvgIpc) is 2.67. The van der Waals surface area contributed by atoms with Gasteiger partial charge in [-0.05, 0) is 44.7 Å². The van der Waals surface area contributed by atoms with Gasteiger partial charge in [-0.2, -0.15) is 0 Å². The van der Waals surface area contributed by atoms with Crippen molar-refractivity contribution in [1.82, 2.24) is 10.2 Å². The van der Waals surface area contributed by atoms with Gasteiger partial charge in [0.05, 0.1) is 13.2 Å². The third-order valence-electron chi connectivity index (χ3n) is 4.68. The molecule has 1 aliphatic rings. The van der Waals surface area contributed by atoms with Gasteiger partial charge in [0.25, 0.3) is 0 Å². The SMILES string of the molecule is CCCCOC(=O)N1CCC(NC(=O)CCCOc2ccc(C)cc2)CC1. The predicted octanol–water partition coefficient (Wildman–Crippen LogP) is 3.67. The lowest BCUT2D eigenvalue weighted by molar-refractivity contribution is -0.122. The van der Waals surface area contributed by atoms with E-state index in [9.17, 15) is 9.59 Å². The summed E-state index contributed by atoms with van der Waals surface area (Å²) < 4.78 is 10.9. The van der Waals surface area contributed by atoms with Crippen molar-refractivity contribution in [3.8, 4) is 5.75 Å². The number of nitrogens with zero attached hydrogens (tertiary/aromatic N) is 1. The van der Waals surface area contributed by atoms with Gasteiger partial charge in [0.15, 0.2) is 0 Å². The molecular weight excluding hydrogens is 344 g/mol. The van der Waals surface area contributed by atoms with Crippen molar-refractivity contribution in [1.29, 1.82) is 0 Å². The summed E-state index contributed by atoms with van der Waals surface area (Å²) in [4.78, 5) is 25.7. The van der Waals surface area contributed by atoms with Crippen molar-refractivity contribution in [3.05, 3.63) is 29.8 Å². The molecule has 1 saturated heterocycles. The van der Waals surface area contributed by atoms with Gasteiger partial charge >= 0.3 is 6.09 Å². The number of carbonyl (C=O) groups is 2. The number of hydrogen-bond acceptors (Lipinski definition) is 4. The first-order valence-electron chi connectivity index (χ1n) is 9.99. The third kappa shape index (κ3) is 7.89. The Morgan fingerprint density at radius 3 is 2.48 bits per heavy atom. The van der Waals surface area contributed by atoms with E-state index in [0.29, 0.717) is 39.1 Å². The van der Waals surface area contributed by atoms with Gasteiger partial charge in [-0.15, -0.1) is 0 Å². The summed E-state index contributed by atoms with van der Waals surface area (Å²) in [5.74, 6) is 0.880. The van der Waals surface area contributed by atoms with E-state index in [-0.39, 0.29) is 18.0 Å².